The molecule has 2 heterocycles. The number of hydrogen-bond acceptors (Lipinski definition) is 2. The summed E-state index contributed by atoms with van der Waals surface area (Å²) in [6.45, 7) is 8.26. The second-order valence-electron chi connectivity index (χ2n) is 4.32. The van der Waals surface area contributed by atoms with E-state index in [2.05, 4.69) is 35.9 Å². The highest BCUT2D eigenvalue weighted by atomic mass is 14.7. The second-order valence-corrected chi connectivity index (χ2v) is 4.32. The SMILES string of the molecule is CCc1ccc(C)nc1.CCc1ccc(C)nc1. The molecule has 0 aliphatic carbocycles. The molecule has 2 rings (SSSR count). The van der Waals surface area contributed by atoms with E-state index in [1.165, 1.54) is 11.1 Å². The van der Waals surface area contributed by atoms with Crippen LogP contribution >= 0.6 is 0 Å². The van der Waals surface area contributed by atoms with Gasteiger partial charge in [-0.1, -0.05) is 26.0 Å². The van der Waals surface area contributed by atoms with Crippen molar-refractivity contribution in [2.45, 2.75) is 40.5 Å². The minimum Gasteiger partial charge on any atom is -0.261 e. The van der Waals surface area contributed by atoms with Crippen LogP contribution in [-0.2, 0) is 12.8 Å². The summed E-state index contributed by atoms with van der Waals surface area (Å²) < 4.78 is 0. The van der Waals surface area contributed by atoms with Gasteiger partial charge in [-0.3, -0.25) is 9.97 Å². The van der Waals surface area contributed by atoms with E-state index in [9.17, 15) is 0 Å². The molecule has 96 valence electrons. The zero-order valence-corrected chi connectivity index (χ0v) is 11.8. The van der Waals surface area contributed by atoms with Gasteiger partial charge in [0.15, 0.2) is 0 Å². The summed E-state index contributed by atoms with van der Waals surface area (Å²) in [6.07, 6.45) is 6.01. The molecule has 0 bridgehead atoms. The normalized spacial score (nSPS) is 9.56. The Morgan fingerprint density at radius 3 is 1.33 bits per heavy atom. The van der Waals surface area contributed by atoms with E-state index in [0.29, 0.717) is 0 Å². The van der Waals surface area contributed by atoms with E-state index in [0.717, 1.165) is 24.2 Å². The smallest absolute Gasteiger partial charge is 0.0372 e. The molecule has 0 fully saturated rings. The molecule has 2 nitrogen and oxygen atoms in total. The summed E-state index contributed by atoms with van der Waals surface area (Å²) in [5, 5.41) is 0. The molecule has 0 saturated carbocycles. The highest BCUT2D eigenvalue weighted by Gasteiger charge is 1.86. The Morgan fingerprint density at radius 1 is 0.722 bits per heavy atom. The van der Waals surface area contributed by atoms with Crippen molar-refractivity contribution < 1.29 is 0 Å². The van der Waals surface area contributed by atoms with Crippen molar-refractivity contribution in [3.8, 4) is 0 Å². The molecule has 0 unspecified atom stereocenters. The molecule has 2 heteroatoms. The van der Waals surface area contributed by atoms with E-state index in [-0.39, 0.29) is 0 Å². The van der Waals surface area contributed by atoms with Crippen molar-refractivity contribution >= 4 is 0 Å². The summed E-state index contributed by atoms with van der Waals surface area (Å²) in [6, 6.07) is 8.31. The van der Waals surface area contributed by atoms with Crippen molar-refractivity contribution in [2.24, 2.45) is 0 Å². The van der Waals surface area contributed by atoms with Crippen LogP contribution in [0.15, 0.2) is 36.7 Å². The lowest BCUT2D eigenvalue weighted by Crippen LogP contribution is -1.83. The van der Waals surface area contributed by atoms with E-state index < -0.39 is 0 Å². The third kappa shape index (κ3) is 5.09. The first-order valence-corrected chi connectivity index (χ1v) is 6.48. The fraction of sp³-hybridized carbons (Fsp3) is 0.375. The van der Waals surface area contributed by atoms with Gasteiger partial charge < -0.3 is 0 Å². The van der Waals surface area contributed by atoms with Gasteiger partial charge in [0, 0.05) is 23.8 Å². The van der Waals surface area contributed by atoms with E-state index in [1.54, 1.807) is 0 Å². The Hall–Kier alpha value is -1.70. The Balaban J connectivity index is 0.000000180. The summed E-state index contributed by atoms with van der Waals surface area (Å²) in [7, 11) is 0. The number of aromatic nitrogens is 2. The van der Waals surface area contributed by atoms with E-state index >= 15 is 0 Å². The van der Waals surface area contributed by atoms with Crippen molar-refractivity contribution in [1.29, 1.82) is 0 Å². The van der Waals surface area contributed by atoms with Crippen LogP contribution in [-0.4, -0.2) is 9.97 Å². The first-order chi connectivity index (χ1) is 8.65. The Bertz CT molecular complexity index is 398. The molecular weight excluding hydrogens is 220 g/mol. The van der Waals surface area contributed by atoms with Gasteiger partial charge in [0.05, 0.1) is 0 Å². The van der Waals surface area contributed by atoms with Gasteiger partial charge in [-0.25, -0.2) is 0 Å². The molecule has 0 saturated heterocycles. The maximum absolute atomic E-state index is 4.15. The van der Waals surface area contributed by atoms with Gasteiger partial charge in [-0.05, 0) is 49.9 Å². The summed E-state index contributed by atoms with van der Waals surface area (Å²) in [5.74, 6) is 0. The molecule has 0 N–H and O–H groups in total. The van der Waals surface area contributed by atoms with Crippen LogP contribution in [0.3, 0.4) is 0 Å². The lowest BCUT2D eigenvalue weighted by Gasteiger charge is -1.93. The minimum absolute atomic E-state index is 1.08. The van der Waals surface area contributed by atoms with Crippen LogP contribution in [0.4, 0.5) is 0 Å². The lowest BCUT2D eigenvalue weighted by atomic mass is 10.2. The molecule has 2 aromatic rings. The molecule has 0 spiro atoms. The monoisotopic (exact) mass is 242 g/mol. The predicted octanol–water partition coefficient (Wildman–Crippen LogP) is 3.90. The van der Waals surface area contributed by atoms with Gasteiger partial charge in [0.2, 0.25) is 0 Å². The van der Waals surface area contributed by atoms with Crippen molar-refractivity contribution in [3.05, 3.63) is 59.2 Å². The Kier molecular flexibility index (Phi) is 6.06. The average Bonchev–Trinajstić information content (AvgIpc) is 2.41. The Morgan fingerprint density at radius 2 is 1.11 bits per heavy atom. The molecule has 0 aliphatic rings. The summed E-state index contributed by atoms with van der Waals surface area (Å²) in [4.78, 5) is 8.30. The average molecular weight is 242 g/mol. The predicted molar refractivity (Wildman–Crippen MR) is 76.7 cm³/mol. The number of hydrogen-bond donors (Lipinski definition) is 0. The topological polar surface area (TPSA) is 25.8 Å². The van der Waals surface area contributed by atoms with Crippen LogP contribution in [0, 0.1) is 13.8 Å². The molecule has 18 heavy (non-hydrogen) atoms. The van der Waals surface area contributed by atoms with Crippen LogP contribution in [0.1, 0.15) is 36.4 Å². The fourth-order valence-corrected chi connectivity index (χ4v) is 1.42. The molecular formula is C16H22N2. The number of nitrogens with zero attached hydrogens (tertiary/aromatic N) is 2. The molecule has 0 aromatic carbocycles. The zero-order valence-electron chi connectivity index (χ0n) is 11.8. The largest absolute Gasteiger partial charge is 0.261 e. The first-order valence-electron chi connectivity index (χ1n) is 6.48. The van der Waals surface area contributed by atoms with Crippen LogP contribution in [0.25, 0.3) is 0 Å². The van der Waals surface area contributed by atoms with Gasteiger partial charge in [0.1, 0.15) is 0 Å². The number of aryl methyl sites for hydroxylation is 4. The third-order valence-electron chi connectivity index (χ3n) is 2.76. The fourth-order valence-electron chi connectivity index (χ4n) is 1.42. The maximum Gasteiger partial charge on any atom is 0.0372 e. The number of pyridine rings is 2. The quantitative estimate of drug-likeness (QED) is 0.798. The highest BCUT2D eigenvalue weighted by molar-refractivity contribution is 5.13. The van der Waals surface area contributed by atoms with Crippen LogP contribution in [0.5, 0.6) is 0 Å². The molecule has 0 atom stereocenters. The first kappa shape index (κ1) is 14.4. The molecule has 0 amide bonds. The van der Waals surface area contributed by atoms with E-state index in [4.69, 9.17) is 0 Å². The number of rotatable bonds is 2. The van der Waals surface area contributed by atoms with Gasteiger partial charge >= 0.3 is 0 Å². The van der Waals surface area contributed by atoms with E-state index in [1.807, 2.05) is 38.4 Å². The van der Waals surface area contributed by atoms with Gasteiger partial charge in [0.25, 0.3) is 0 Å². The zero-order chi connectivity index (χ0) is 13.4. The molecule has 0 aliphatic heterocycles. The minimum atomic E-state index is 1.08. The summed E-state index contributed by atoms with van der Waals surface area (Å²) >= 11 is 0. The van der Waals surface area contributed by atoms with Gasteiger partial charge in [-0.15, -0.1) is 0 Å². The van der Waals surface area contributed by atoms with Crippen molar-refractivity contribution in [1.82, 2.24) is 9.97 Å². The van der Waals surface area contributed by atoms with Crippen molar-refractivity contribution in [2.75, 3.05) is 0 Å². The Labute approximate surface area is 110 Å². The van der Waals surface area contributed by atoms with Gasteiger partial charge in [-0.2, -0.15) is 0 Å². The summed E-state index contributed by atoms with van der Waals surface area (Å²) in [5.41, 5.74) is 4.79. The second kappa shape index (κ2) is 7.59. The highest BCUT2D eigenvalue weighted by Crippen LogP contribution is 1.99. The van der Waals surface area contributed by atoms with Crippen molar-refractivity contribution in [3.63, 3.8) is 0 Å². The lowest BCUT2D eigenvalue weighted by molar-refractivity contribution is 1.08. The third-order valence-corrected chi connectivity index (χ3v) is 2.76. The molecule has 0 radical (unpaired) electrons. The standard InChI is InChI=1S/2C8H11N/c2*1-3-8-5-4-7(2)9-6-8/h2*4-6H,3H2,1-2H3. The maximum atomic E-state index is 4.15. The van der Waals surface area contributed by atoms with Crippen LogP contribution in [0.2, 0.25) is 0 Å². The van der Waals surface area contributed by atoms with Crippen LogP contribution < -0.4 is 0 Å². The molecule has 2 aromatic heterocycles.